The quantitative estimate of drug-likeness (QED) is 0.855. The molecule has 1 fully saturated rings. The lowest BCUT2D eigenvalue weighted by Crippen LogP contribution is -2.40. The molecule has 3 heterocycles. The van der Waals surface area contributed by atoms with E-state index in [0.29, 0.717) is 6.54 Å². The number of carbonyl (C=O) groups is 1. The molecular weight excluding hydrogens is 363 g/mol. The molecule has 146 valence electrons. The Kier molecular flexibility index (Phi) is 5.73. The van der Waals surface area contributed by atoms with Gasteiger partial charge >= 0.3 is 6.18 Å². The predicted octanol–water partition coefficient (Wildman–Crippen LogP) is 2.81. The SMILES string of the molecule is C[C@H](NC(=O)CN1CCCCC1)c1nc(-c2ccnc(C(F)(F)F)c2)no1. The molecule has 2 aromatic heterocycles. The van der Waals surface area contributed by atoms with E-state index in [4.69, 9.17) is 4.52 Å². The van der Waals surface area contributed by atoms with Crippen LogP contribution in [-0.4, -0.2) is 45.6 Å². The Bertz CT molecular complexity index is 787. The molecule has 1 atom stereocenters. The number of nitrogens with zero attached hydrogens (tertiary/aromatic N) is 4. The lowest BCUT2D eigenvalue weighted by Gasteiger charge is -2.26. The van der Waals surface area contributed by atoms with Gasteiger partial charge in [-0.25, -0.2) is 0 Å². The van der Waals surface area contributed by atoms with Crippen molar-refractivity contribution < 1.29 is 22.5 Å². The van der Waals surface area contributed by atoms with Gasteiger partial charge in [0.1, 0.15) is 11.7 Å². The van der Waals surface area contributed by atoms with Crippen LogP contribution in [0.4, 0.5) is 13.2 Å². The van der Waals surface area contributed by atoms with Crippen LogP contribution in [0, 0.1) is 0 Å². The Morgan fingerprint density at radius 3 is 2.78 bits per heavy atom. The highest BCUT2D eigenvalue weighted by Gasteiger charge is 2.33. The van der Waals surface area contributed by atoms with Gasteiger partial charge in [-0.3, -0.25) is 14.7 Å². The second-order valence-electron chi connectivity index (χ2n) is 6.51. The van der Waals surface area contributed by atoms with E-state index < -0.39 is 17.9 Å². The Morgan fingerprint density at radius 1 is 1.33 bits per heavy atom. The summed E-state index contributed by atoms with van der Waals surface area (Å²) in [5, 5.41) is 6.49. The van der Waals surface area contributed by atoms with Gasteiger partial charge in [0.2, 0.25) is 17.6 Å². The number of rotatable bonds is 5. The second-order valence-corrected chi connectivity index (χ2v) is 6.51. The third kappa shape index (κ3) is 5.03. The Hall–Kier alpha value is -2.49. The van der Waals surface area contributed by atoms with E-state index in [2.05, 4.69) is 25.3 Å². The van der Waals surface area contributed by atoms with Gasteiger partial charge in [-0.15, -0.1) is 0 Å². The van der Waals surface area contributed by atoms with Crippen molar-refractivity contribution in [3.8, 4) is 11.4 Å². The number of likely N-dealkylation sites (tertiary alicyclic amines) is 1. The molecule has 0 spiro atoms. The second kappa shape index (κ2) is 8.03. The first-order valence-corrected chi connectivity index (χ1v) is 8.72. The molecule has 0 radical (unpaired) electrons. The highest BCUT2D eigenvalue weighted by Crippen LogP contribution is 2.29. The van der Waals surface area contributed by atoms with Gasteiger partial charge in [0.15, 0.2) is 0 Å². The minimum absolute atomic E-state index is 0.00929. The van der Waals surface area contributed by atoms with E-state index in [-0.39, 0.29) is 23.2 Å². The molecule has 0 unspecified atom stereocenters. The summed E-state index contributed by atoms with van der Waals surface area (Å²) in [7, 11) is 0. The largest absolute Gasteiger partial charge is 0.433 e. The molecule has 10 heteroatoms. The van der Waals surface area contributed by atoms with Gasteiger partial charge in [0.25, 0.3) is 0 Å². The minimum Gasteiger partial charge on any atom is -0.343 e. The average molecular weight is 383 g/mol. The van der Waals surface area contributed by atoms with Crippen LogP contribution in [0.25, 0.3) is 11.4 Å². The molecule has 0 aromatic carbocycles. The molecule has 0 aliphatic carbocycles. The van der Waals surface area contributed by atoms with Crippen LogP contribution >= 0.6 is 0 Å². The summed E-state index contributed by atoms with van der Waals surface area (Å²) in [5.74, 6) is -0.0233. The zero-order valence-corrected chi connectivity index (χ0v) is 14.8. The smallest absolute Gasteiger partial charge is 0.343 e. The third-order valence-corrected chi connectivity index (χ3v) is 4.31. The van der Waals surface area contributed by atoms with Crippen molar-refractivity contribution in [2.75, 3.05) is 19.6 Å². The summed E-state index contributed by atoms with van der Waals surface area (Å²) in [5.41, 5.74) is -0.895. The van der Waals surface area contributed by atoms with Crippen LogP contribution < -0.4 is 5.32 Å². The van der Waals surface area contributed by atoms with Crippen LogP contribution in [0.1, 0.15) is 43.8 Å². The number of aromatic nitrogens is 3. The number of hydrogen-bond acceptors (Lipinski definition) is 6. The molecule has 1 amide bonds. The van der Waals surface area contributed by atoms with E-state index in [1.165, 1.54) is 12.5 Å². The third-order valence-electron chi connectivity index (χ3n) is 4.31. The van der Waals surface area contributed by atoms with Crippen molar-refractivity contribution in [3.05, 3.63) is 29.9 Å². The molecule has 1 aliphatic heterocycles. The number of halogens is 3. The van der Waals surface area contributed by atoms with Crippen molar-refractivity contribution in [2.45, 2.75) is 38.4 Å². The van der Waals surface area contributed by atoms with Crippen LogP contribution in [0.5, 0.6) is 0 Å². The molecular formula is C17H20F3N5O2. The highest BCUT2D eigenvalue weighted by molar-refractivity contribution is 5.78. The van der Waals surface area contributed by atoms with Crippen molar-refractivity contribution >= 4 is 5.91 Å². The van der Waals surface area contributed by atoms with E-state index in [1.54, 1.807) is 6.92 Å². The lowest BCUT2D eigenvalue weighted by atomic mass is 10.1. The highest BCUT2D eigenvalue weighted by atomic mass is 19.4. The van der Waals surface area contributed by atoms with Gasteiger partial charge in [-0.05, 0) is 45.0 Å². The number of carbonyl (C=O) groups excluding carboxylic acids is 1. The molecule has 1 saturated heterocycles. The maximum Gasteiger partial charge on any atom is 0.433 e. The number of amides is 1. The molecule has 1 N–H and O–H groups in total. The number of hydrogen-bond donors (Lipinski definition) is 1. The van der Waals surface area contributed by atoms with Gasteiger partial charge < -0.3 is 9.84 Å². The summed E-state index contributed by atoms with van der Waals surface area (Å²) in [6.07, 6.45) is -0.163. The predicted molar refractivity (Wildman–Crippen MR) is 89.4 cm³/mol. The Balaban J connectivity index is 1.63. The number of nitrogens with one attached hydrogen (secondary N) is 1. The van der Waals surface area contributed by atoms with Crippen LogP contribution in [0.2, 0.25) is 0 Å². The van der Waals surface area contributed by atoms with Crippen LogP contribution in [0.15, 0.2) is 22.9 Å². The standard InChI is InChI=1S/C17H20F3N5O2/c1-11(22-14(26)10-25-7-3-2-4-8-25)16-23-15(24-27-16)12-5-6-21-13(9-12)17(18,19)20/h5-6,9,11H,2-4,7-8,10H2,1H3,(H,22,26)/t11-/m0/s1. The Labute approximate surface area is 154 Å². The maximum atomic E-state index is 12.8. The fraction of sp³-hybridized carbons (Fsp3) is 0.529. The normalized spacial score (nSPS) is 16.9. The van der Waals surface area contributed by atoms with Crippen molar-refractivity contribution in [2.24, 2.45) is 0 Å². The lowest BCUT2D eigenvalue weighted by molar-refractivity contribution is -0.141. The monoisotopic (exact) mass is 383 g/mol. The first-order chi connectivity index (χ1) is 12.8. The summed E-state index contributed by atoms with van der Waals surface area (Å²) < 4.78 is 43.4. The van der Waals surface area contributed by atoms with Gasteiger partial charge in [0, 0.05) is 11.8 Å². The molecule has 2 aromatic rings. The number of piperidine rings is 1. The van der Waals surface area contributed by atoms with E-state index in [1.807, 2.05) is 0 Å². The van der Waals surface area contributed by atoms with Crippen LogP contribution in [-0.2, 0) is 11.0 Å². The molecule has 1 aliphatic rings. The molecule has 0 saturated carbocycles. The van der Waals surface area contributed by atoms with E-state index in [9.17, 15) is 18.0 Å². The average Bonchev–Trinajstić information content (AvgIpc) is 3.12. The number of alkyl halides is 3. The minimum atomic E-state index is -4.56. The first kappa shape index (κ1) is 19.3. The Morgan fingerprint density at radius 2 is 2.07 bits per heavy atom. The fourth-order valence-electron chi connectivity index (χ4n) is 2.92. The summed E-state index contributed by atoms with van der Waals surface area (Å²) in [6.45, 7) is 3.77. The topological polar surface area (TPSA) is 84.2 Å². The molecule has 27 heavy (non-hydrogen) atoms. The summed E-state index contributed by atoms with van der Waals surface area (Å²) >= 11 is 0. The van der Waals surface area contributed by atoms with Crippen LogP contribution in [0.3, 0.4) is 0 Å². The molecule has 3 rings (SSSR count). The fourth-order valence-corrected chi connectivity index (χ4v) is 2.92. The van der Waals surface area contributed by atoms with Crippen molar-refractivity contribution in [1.29, 1.82) is 0 Å². The first-order valence-electron chi connectivity index (χ1n) is 8.72. The molecule has 0 bridgehead atoms. The summed E-state index contributed by atoms with van der Waals surface area (Å²) in [6, 6.07) is 1.67. The molecule has 7 nitrogen and oxygen atoms in total. The number of pyridine rings is 1. The van der Waals surface area contributed by atoms with E-state index in [0.717, 1.165) is 38.2 Å². The summed E-state index contributed by atoms with van der Waals surface area (Å²) in [4.78, 5) is 21.6. The maximum absolute atomic E-state index is 12.8. The zero-order chi connectivity index (χ0) is 19.4. The van der Waals surface area contributed by atoms with Gasteiger partial charge in [-0.1, -0.05) is 11.6 Å². The van der Waals surface area contributed by atoms with Crippen molar-refractivity contribution in [3.63, 3.8) is 0 Å². The zero-order valence-electron chi connectivity index (χ0n) is 14.8. The van der Waals surface area contributed by atoms with Gasteiger partial charge in [-0.2, -0.15) is 18.2 Å². The van der Waals surface area contributed by atoms with Crippen molar-refractivity contribution in [1.82, 2.24) is 25.3 Å². The van der Waals surface area contributed by atoms with Gasteiger partial charge in [0.05, 0.1) is 6.54 Å². The van der Waals surface area contributed by atoms with E-state index >= 15 is 0 Å².